The Labute approximate surface area is 154 Å². The molecular weight excluding hydrogens is 346 g/mol. The molecule has 0 aliphatic rings. The molecule has 4 rings (SSSR count). The van der Waals surface area contributed by atoms with Crippen molar-refractivity contribution in [3.8, 4) is 11.6 Å². The molecule has 0 radical (unpaired) electrons. The van der Waals surface area contributed by atoms with Crippen LogP contribution in [0.15, 0.2) is 67.0 Å². The first-order valence-electron chi connectivity index (χ1n) is 8.16. The van der Waals surface area contributed by atoms with Crippen molar-refractivity contribution in [3.05, 3.63) is 77.1 Å². The molecule has 0 amide bonds. The number of benzene rings is 2. The highest BCUT2D eigenvalue weighted by Gasteiger charge is 2.08. The van der Waals surface area contributed by atoms with Gasteiger partial charge in [-0.05, 0) is 30.3 Å². The Balaban J connectivity index is 1.54. The topological polar surface area (TPSA) is 95.1 Å². The number of ether oxygens (including phenoxy) is 1. The molecule has 0 saturated carbocycles. The summed E-state index contributed by atoms with van der Waals surface area (Å²) in [6.07, 6.45) is 3.54. The highest BCUT2D eigenvalue weighted by Crippen LogP contribution is 2.26. The summed E-state index contributed by atoms with van der Waals surface area (Å²) in [4.78, 5) is 18.9. The lowest BCUT2D eigenvalue weighted by Crippen LogP contribution is -1.99. The minimum Gasteiger partial charge on any atom is -0.439 e. The highest BCUT2D eigenvalue weighted by atomic mass is 16.6. The lowest BCUT2D eigenvalue weighted by atomic mass is 10.2. The van der Waals surface area contributed by atoms with Crippen LogP contribution in [0.4, 0.5) is 17.3 Å². The number of aryl methyl sites for hydroxylation is 1. The summed E-state index contributed by atoms with van der Waals surface area (Å²) in [6, 6.07) is 15.6. The molecule has 0 saturated heterocycles. The van der Waals surface area contributed by atoms with E-state index in [4.69, 9.17) is 4.74 Å². The smallest absolute Gasteiger partial charge is 0.271 e. The van der Waals surface area contributed by atoms with Crippen molar-refractivity contribution in [2.24, 2.45) is 7.05 Å². The second-order valence-corrected chi connectivity index (χ2v) is 5.90. The van der Waals surface area contributed by atoms with Crippen molar-refractivity contribution in [1.82, 2.24) is 14.5 Å². The average Bonchev–Trinajstić information content (AvgIpc) is 3.03. The van der Waals surface area contributed by atoms with E-state index in [-0.39, 0.29) is 11.6 Å². The summed E-state index contributed by atoms with van der Waals surface area (Å²) in [5.41, 5.74) is 1.62. The number of nitro benzene ring substituents is 1. The molecule has 0 spiro atoms. The fourth-order valence-corrected chi connectivity index (χ4v) is 2.73. The predicted molar refractivity (Wildman–Crippen MR) is 101 cm³/mol. The van der Waals surface area contributed by atoms with Gasteiger partial charge < -0.3 is 14.6 Å². The van der Waals surface area contributed by atoms with E-state index in [0.717, 1.165) is 10.9 Å². The Morgan fingerprint density at radius 2 is 2.04 bits per heavy atom. The summed E-state index contributed by atoms with van der Waals surface area (Å²) >= 11 is 0. The van der Waals surface area contributed by atoms with E-state index in [9.17, 15) is 10.1 Å². The normalized spacial score (nSPS) is 10.7. The molecule has 0 fully saturated rings. The largest absolute Gasteiger partial charge is 0.439 e. The van der Waals surface area contributed by atoms with Gasteiger partial charge in [-0.3, -0.25) is 10.1 Å². The van der Waals surface area contributed by atoms with Crippen molar-refractivity contribution in [1.29, 1.82) is 0 Å². The number of rotatable bonds is 5. The van der Waals surface area contributed by atoms with E-state index in [2.05, 4.69) is 15.3 Å². The summed E-state index contributed by atoms with van der Waals surface area (Å²) < 4.78 is 7.86. The Hall–Kier alpha value is -3.94. The Morgan fingerprint density at radius 3 is 2.89 bits per heavy atom. The molecule has 27 heavy (non-hydrogen) atoms. The summed E-state index contributed by atoms with van der Waals surface area (Å²) in [5.74, 6) is 1.32. The quantitative estimate of drug-likeness (QED) is 0.418. The van der Waals surface area contributed by atoms with E-state index in [1.165, 1.54) is 12.1 Å². The molecule has 0 unspecified atom stereocenters. The van der Waals surface area contributed by atoms with Crippen LogP contribution in [0, 0.1) is 10.1 Å². The fourth-order valence-electron chi connectivity index (χ4n) is 2.73. The number of anilines is 2. The van der Waals surface area contributed by atoms with Gasteiger partial charge in [-0.15, -0.1) is 0 Å². The van der Waals surface area contributed by atoms with Crippen LogP contribution >= 0.6 is 0 Å². The molecule has 1 N–H and O–H groups in total. The third-order valence-corrected chi connectivity index (χ3v) is 4.02. The molecular formula is C19H15N5O3. The monoisotopic (exact) mass is 361 g/mol. The van der Waals surface area contributed by atoms with Gasteiger partial charge in [0.1, 0.15) is 5.75 Å². The molecule has 0 bridgehead atoms. The van der Waals surface area contributed by atoms with Gasteiger partial charge >= 0.3 is 0 Å². The second kappa shape index (κ2) is 6.75. The van der Waals surface area contributed by atoms with Crippen molar-refractivity contribution < 1.29 is 9.66 Å². The zero-order valence-electron chi connectivity index (χ0n) is 14.4. The van der Waals surface area contributed by atoms with Crippen molar-refractivity contribution in [3.63, 3.8) is 0 Å². The van der Waals surface area contributed by atoms with Crippen LogP contribution in [0.5, 0.6) is 11.6 Å². The first-order chi connectivity index (χ1) is 13.1. The fraction of sp³-hybridized carbons (Fsp3) is 0.0526. The second-order valence-electron chi connectivity index (χ2n) is 5.90. The van der Waals surface area contributed by atoms with Crippen molar-refractivity contribution >= 4 is 28.2 Å². The van der Waals surface area contributed by atoms with Crippen LogP contribution < -0.4 is 10.1 Å². The van der Waals surface area contributed by atoms with Crippen LogP contribution in [0.1, 0.15) is 0 Å². The third-order valence-electron chi connectivity index (χ3n) is 4.02. The molecule has 134 valence electrons. The average molecular weight is 361 g/mol. The SMILES string of the molecule is Cn1ccc2cc(Oc3ccnc(Nc4cccc([N+](=O)[O-])c4)n3)ccc21. The van der Waals surface area contributed by atoms with E-state index in [1.54, 1.807) is 24.4 Å². The molecule has 2 aromatic carbocycles. The Kier molecular flexibility index (Phi) is 4.13. The maximum atomic E-state index is 10.9. The summed E-state index contributed by atoms with van der Waals surface area (Å²) in [5, 5.41) is 14.9. The number of nitrogens with zero attached hydrogens (tertiary/aromatic N) is 4. The molecule has 8 heteroatoms. The number of hydrogen-bond acceptors (Lipinski definition) is 6. The van der Waals surface area contributed by atoms with Crippen LogP contribution in [-0.4, -0.2) is 19.5 Å². The van der Waals surface area contributed by atoms with Gasteiger partial charge in [0.05, 0.1) is 4.92 Å². The van der Waals surface area contributed by atoms with Gasteiger partial charge in [-0.2, -0.15) is 4.98 Å². The van der Waals surface area contributed by atoms with E-state index in [1.807, 2.05) is 42.1 Å². The lowest BCUT2D eigenvalue weighted by molar-refractivity contribution is -0.384. The van der Waals surface area contributed by atoms with Gasteiger partial charge in [0.2, 0.25) is 11.8 Å². The molecule has 2 heterocycles. The van der Waals surface area contributed by atoms with Gasteiger partial charge in [-0.1, -0.05) is 6.07 Å². The number of non-ortho nitro benzene ring substituents is 1. The first kappa shape index (κ1) is 16.5. The molecule has 0 atom stereocenters. The van der Waals surface area contributed by atoms with Crippen LogP contribution in [-0.2, 0) is 7.05 Å². The highest BCUT2D eigenvalue weighted by molar-refractivity contribution is 5.81. The van der Waals surface area contributed by atoms with Crippen LogP contribution in [0.25, 0.3) is 10.9 Å². The molecule has 8 nitrogen and oxygen atoms in total. The predicted octanol–water partition coefficient (Wildman–Crippen LogP) is 4.41. The van der Waals surface area contributed by atoms with E-state index < -0.39 is 4.92 Å². The summed E-state index contributed by atoms with van der Waals surface area (Å²) in [6.45, 7) is 0. The molecule has 0 aliphatic heterocycles. The number of fused-ring (bicyclic) bond motifs is 1. The van der Waals surface area contributed by atoms with Gasteiger partial charge in [0, 0.05) is 54.2 Å². The zero-order valence-corrected chi connectivity index (χ0v) is 14.4. The number of aromatic nitrogens is 3. The molecule has 4 aromatic rings. The van der Waals surface area contributed by atoms with E-state index >= 15 is 0 Å². The third kappa shape index (κ3) is 3.54. The molecule has 0 aliphatic carbocycles. The minimum atomic E-state index is -0.453. The first-order valence-corrected chi connectivity index (χ1v) is 8.16. The molecule has 2 aromatic heterocycles. The van der Waals surface area contributed by atoms with Crippen molar-refractivity contribution in [2.45, 2.75) is 0 Å². The zero-order chi connectivity index (χ0) is 18.8. The van der Waals surface area contributed by atoms with Crippen LogP contribution in [0.3, 0.4) is 0 Å². The van der Waals surface area contributed by atoms with E-state index in [0.29, 0.717) is 17.3 Å². The standard InChI is InChI=1S/C19H15N5O3/c1-23-10-8-13-11-16(5-6-17(13)23)27-18-7-9-20-19(22-18)21-14-3-2-4-15(12-14)24(25)26/h2-12H,1H3,(H,20,21,22). The number of nitro groups is 1. The maximum absolute atomic E-state index is 10.9. The Morgan fingerprint density at radius 1 is 1.15 bits per heavy atom. The van der Waals surface area contributed by atoms with Crippen molar-refractivity contribution in [2.75, 3.05) is 5.32 Å². The summed E-state index contributed by atoms with van der Waals surface area (Å²) in [7, 11) is 1.99. The maximum Gasteiger partial charge on any atom is 0.271 e. The minimum absolute atomic E-state index is 0.0106. The van der Waals surface area contributed by atoms with Gasteiger partial charge in [0.25, 0.3) is 5.69 Å². The number of hydrogen-bond donors (Lipinski definition) is 1. The Bertz CT molecular complexity index is 1140. The lowest BCUT2D eigenvalue weighted by Gasteiger charge is -2.08. The van der Waals surface area contributed by atoms with Gasteiger partial charge in [-0.25, -0.2) is 4.98 Å². The van der Waals surface area contributed by atoms with Gasteiger partial charge in [0.15, 0.2) is 0 Å². The van der Waals surface area contributed by atoms with Crippen LogP contribution in [0.2, 0.25) is 0 Å². The number of nitrogens with one attached hydrogen (secondary N) is 1.